The molecule has 0 aromatic carbocycles. The van der Waals surface area contributed by atoms with Crippen molar-refractivity contribution < 1.29 is 0 Å². The molecule has 0 saturated carbocycles. The zero-order chi connectivity index (χ0) is 12.1. The number of hydrogen-bond acceptors (Lipinski definition) is 0. The van der Waals surface area contributed by atoms with Gasteiger partial charge in [-0.1, -0.05) is 57.1 Å². The Bertz CT molecular complexity index is 304. The zero-order valence-electron chi connectivity index (χ0n) is 11.3. The molecule has 0 aromatic heterocycles. The van der Waals surface area contributed by atoms with Crippen molar-refractivity contribution in [1.82, 2.24) is 0 Å². The van der Waals surface area contributed by atoms with Gasteiger partial charge < -0.3 is 0 Å². The van der Waals surface area contributed by atoms with Crippen LogP contribution in [-0.2, 0) is 0 Å². The molecule has 16 heavy (non-hydrogen) atoms. The maximum atomic E-state index is 4.31. The highest BCUT2D eigenvalue weighted by Gasteiger charge is 2.14. The van der Waals surface area contributed by atoms with Gasteiger partial charge in [0, 0.05) is 0 Å². The topological polar surface area (TPSA) is 0 Å². The fourth-order valence-corrected chi connectivity index (χ4v) is 2.30. The molecule has 0 nitrogen and oxygen atoms in total. The Labute approximate surface area is 101 Å². The van der Waals surface area contributed by atoms with Crippen LogP contribution in [0.4, 0.5) is 0 Å². The van der Waals surface area contributed by atoms with E-state index >= 15 is 0 Å². The van der Waals surface area contributed by atoms with Gasteiger partial charge in [0.1, 0.15) is 0 Å². The third-order valence-corrected chi connectivity index (χ3v) is 3.65. The van der Waals surface area contributed by atoms with Crippen molar-refractivity contribution in [2.45, 2.75) is 53.4 Å². The standard InChI is InChI=1S/C16H26/c1-6-12(2)10-15(5)16-11-13(3)8-7-9-14(16)4/h7-8,12-13H,5-6,9-11H2,1-4H3. The Balaban J connectivity index is 2.73. The van der Waals surface area contributed by atoms with Crippen LogP contribution in [-0.4, -0.2) is 0 Å². The van der Waals surface area contributed by atoms with Gasteiger partial charge in [0.25, 0.3) is 0 Å². The first-order valence-corrected chi connectivity index (χ1v) is 6.58. The second-order valence-electron chi connectivity index (χ2n) is 5.39. The Hall–Kier alpha value is -0.780. The summed E-state index contributed by atoms with van der Waals surface area (Å²) in [6, 6.07) is 0. The predicted molar refractivity (Wildman–Crippen MR) is 73.5 cm³/mol. The van der Waals surface area contributed by atoms with Gasteiger partial charge >= 0.3 is 0 Å². The van der Waals surface area contributed by atoms with Crippen molar-refractivity contribution in [1.29, 1.82) is 0 Å². The lowest BCUT2D eigenvalue weighted by Gasteiger charge is -2.18. The first kappa shape index (κ1) is 13.3. The van der Waals surface area contributed by atoms with Crippen molar-refractivity contribution >= 4 is 0 Å². The smallest absolute Gasteiger partial charge is 0.0136 e. The number of rotatable bonds is 4. The summed E-state index contributed by atoms with van der Waals surface area (Å²) in [5.74, 6) is 1.43. The molecule has 0 aromatic rings. The molecule has 0 radical (unpaired) electrons. The molecule has 1 aliphatic carbocycles. The Morgan fingerprint density at radius 2 is 2.25 bits per heavy atom. The Morgan fingerprint density at radius 3 is 2.88 bits per heavy atom. The fourth-order valence-electron chi connectivity index (χ4n) is 2.30. The minimum Gasteiger partial charge on any atom is -0.0955 e. The summed E-state index contributed by atoms with van der Waals surface area (Å²) in [4.78, 5) is 0. The molecule has 1 aliphatic rings. The second-order valence-corrected chi connectivity index (χ2v) is 5.39. The third-order valence-electron chi connectivity index (χ3n) is 3.65. The van der Waals surface area contributed by atoms with Gasteiger partial charge in [0.15, 0.2) is 0 Å². The van der Waals surface area contributed by atoms with Crippen LogP contribution in [0.25, 0.3) is 0 Å². The van der Waals surface area contributed by atoms with Crippen LogP contribution < -0.4 is 0 Å². The maximum Gasteiger partial charge on any atom is -0.0136 e. The van der Waals surface area contributed by atoms with E-state index in [1.165, 1.54) is 29.6 Å². The van der Waals surface area contributed by atoms with Crippen LogP contribution in [0.2, 0.25) is 0 Å². The van der Waals surface area contributed by atoms with Gasteiger partial charge in [-0.15, -0.1) is 0 Å². The van der Waals surface area contributed by atoms with Gasteiger partial charge in [-0.3, -0.25) is 0 Å². The van der Waals surface area contributed by atoms with E-state index in [0.717, 1.165) is 18.8 Å². The average Bonchev–Trinajstić information content (AvgIpc) is 2.40. The van der Waals surface area contributed by atoms with Crippen molar-refractivity contribution in [2.75, 3.05) is 0 Å². The molecule has 0 bridgehead atoms. The van der Waals surface area contributed by atoms with E-state index in [-0.39, 0.29) is 0 Å². The lowest BCUT2D eigenvalue weighted by atomic mass is 9.88. The molecule has 0 amide bonds. The van der Waals surface area contributed by atoms with Crippen molar-refractivity contribution in [3.8, 4) is 0 Å². The van der Waals surface area contributed by atoms with E-state index in [0.29, 0.717) is 5.92 Å². The molecule has 0 saturated heterocycles. The summed E-state index contributed by atoms with van der Waals surface area (Å²) in [6.45, 7) is 13.4. The summed E-state index contributed by atoms with van der Waals surface area (Å²) in [7, 11) is 0. The first-order chi connectivity index (χ1) is 7.54. The highest BCUT2D eigenvalue weighted by Crippen LogP contribution is 2.31. The summed E-state index contributed by atoms with van der Waals surface area (Å²) in [5.41, 5.74) is 4.44. The van der Waals surface area contributed by atoms with Gasteiger partial charge in [-0.2, -0.15) is 0 Å². The summed E-state index contributed by atoms with van der Waals surface area (Å²) in [6.07, 6.45) is 9.35. The highest BCUT2D eigenvalue weighted by molar-refractivity contribution is 5.35. The minimum absolute atomic E-state index is 0.668. The number of hydrogen-bond donors (Lipinski definition) is 0. The van der Waals surface area contributed by atoms with Gasteiger partial charge in [-0.25, -0.2) is 0 Å². The van der Waals surface area contributed by atoms with Crippen LogP contribution in [0.5, 0.6) is 0 Å². The van der Waals surface area contributed by atoms with Gasteiger partial charge in [0.05, 0.1) is 0 Å². The van der Waals surface area contributed by atoms with E-state index < -0.39 is 0 Å². The fraction of sp³-hybridized carbons (Fsp3) is 0.625. The van der Waals surface area contributed by atoms with Gasteiger partial charge in [-0.05, 0) is 43.6 Å². The van der Waals surface area contributed by atoms with Crippen LogP contribution in [0.3, 0.4) is 0 Å². The van der Waals surface area contributed by atoms with Crippen molar-refractivity contribution in [2.24, 2.45) is 11.8 Å². The summed E-state index contributed by atoms with van der Waals surface area (Å²) < 4.78 is 0. The third kappa shape index (κ3) is 3.66. The summed E-state index contributed by atoms with van der Waals surface area (Å²) in [5, 5.41) is 0. The monoisotopic (exact) mass is 218 g/mol. The number of allylic oxidation sites excluding steroid dienone is 5. The molecule has 0 heteroatoms. The molecule has 0 N–H and O–H groups in total. The van der Waals surface area contributed by atoms with E-state index in [9.17, 15) is 0 Å². The molecule has 0 aliphatic heterocycles. The molecule has 0 heterocycles. The maximum absolute atomic E-state index is 4.31. The highest BCUT2D eigenvalue weighted by atomic mass is 14.2. The average molecular weight is 218 g/mol. The van der Waals surface area contributed by atoms with Crippen LogP contribution in [0.15, 0.2) is 35.5 Å². The normalized spacial score (nSPS) is 23.1. The van der Waals surface area contributed by atoms with Gasteiger partial charge in [0.2, 0.25) is 0 Å². The second kappa shape index (κ2) is 6.08. The molecule has 0 fully saturated rings. The molecule has 1 rings (SSSR count). The Kier molecular flexibility index (Phi) is 5.05. The molecule has 90 valence electrons. The SMILES string of the molecule is C=C(CC(C)CC)C1=C(C)CC=CC(C)C1. The molecule has 2 unspecified atom stereocenters. The molecule has 0 spiro atoms. The molecular weight excluding hydrogens is 192 g/mol. The van der Waals surface area contributed by atoms with Crippen LogP contribution >= 0.6 is 0 Å². The van der Waals surface area contributed by atoms with Crippen molar-refractivity contribution in [3.63, 3.8) is 0 Å². The van der Waals surface area contributed by atoms with Crippen LogP contribution in [0.1, 0.15) is 53.4 Å². The van der Waals surface area contributed by atoms with Crippen molar-refractivity contribution in [3.05, 3.63) is 35.5 Å². The summed E-state index contributed by atoms with van der Waals surface area (Å²) >= 11 is 0. The van der Waals surface area contributed by atoms with Crippen LogP contribution in [0, 0.1) is 11.8 Å². The minimum atomic E-state index is 0.668. The lowest BCUT2D eigenvalue weighted by Crippen LogP contribution is -2.01. The first-order valence-electron chi connectivity index (χ1n) is 6.58. The largest absolute Gasteiger partial charge is 0.0955 e. The van der Waals surface area contributed by atoms with E-state index in [1.807, 2.05) is 0 Å². The molecule has 2 atom stereocenters. The predicted octanol–water partition coefficient (Wildman–Crippen LogP) is 5.28. The quantitative estimate of drug-likeness (QED) is 0.563. The Morgan fingerprint density at radius 1 is 1.56 bits per heavy atom. The lowest BCUT2D eigenvalue weighted by molar-refractivity contribution is 0.555. The van der Waals surface area contributed by atoms with E-state index in [4.69, 9.17) is 0 Å². The molecular formula is C16H26. The van der Waals surface area contributed by atoms with E-state index in [2.05, 4.69) is 46.4 Å². The van der Waals surface area contributed by atoms with E-state index in [1.54, 1.807) is 0 Å². The zero-order valence-corrected chi connectivity index (χ0v) is 11.3.